The number of aliphatic hydroxyl groups is 3. The summed E-state index contributed by atoms with van der Waals surface area (Å²) >= 11 is 0. The third kappa shape index (κ3) is 38.6. The van der Waals surface area contributed by atoms with Gasteiger partial charge in [-0.3, -0.25) is 14.1 Å². The number of carbonyl (C=O) groups excluding carboxylic acids is 2. The molecule has 0 aliphatic carbocycles. The van der Waals surface area contributed by atoms with Gasteiger partial charge in [-0.25, -0.2) is 0 Å². The van der Waals surface area contributed by atoms with E-state index in [-0.39, 0.29) is 19.4 Å². The standard InChI is InChI=1S/C55H100O12S/c1-3-5-7-9-11-13-15-17-19-21-22-23-24-25-26-28-29-31-33-35-37-39-41-43-50(56)64-45-48(46-65-55-54(60)53(59)52(58)49(67-55)47-68(61,62)63)66-51(57)44-42-40-38-36-34-32-30-27-20-18-16-14-12-10-8-6-4-2/h12,14,18,20,35,37,48-49,52-55,58-60H,3-11,13,15-17,19,21-34,36,38-47H2,1-2H3,(H,61,62,63)/b14-12+,20-18+,37-35+/t48-,49-,52-,53?,54?,55+/m1/s1. The molecule has 0 bridgehead atoms. The molecule has 13 heteroatoms. The number of allylic oxidation sites excluding steroid dienone is 6. The first kappa shape index (κ1) is 63.9. The average Bonchev–Trinajstić information content (AvgIpc) is 3.31. The van der Waals surface area contributed by atoms with Crippen molar-refractivity contribution in [1.82, 2.24) is 0 Å². The quantitative estimate of drug-likeness (QED) is 0.0196. The molecule has 398 valence electrons. The van der Waals surface area contributed by atoms with Crippen LogP contribution >= 0.6 is 0 Å². The van der Waals surface area contributed by atoms with Gasteiger partial charge in [-0.2, -0.15) is 8.42 Å². The summed E-state index contributed by atoms with van der Waals surface area (Å²) in [5.41, 5.74) is 0. The summed E-state index contributed by atoms with van der Waals surface area (Å²) in [5, 5.41) is 31.0. The first-order chi connectivity index (χ1) is 33.0. The van der Waals surface area contributed by atoms with Crippen LogP contribution in [0.4, 0.5) is 0 Å². The van der Waals surface area contributed by atoms with E-state index in [4.69, 9.17) is 18.9 Å². The highest BCUT2D eigenvalue weighted by Crippen LogP contribution is 2.24. The Morgan fingerprint density at radius 3 is 1.38 bits per heavy atom. The summed E-state index contributed by atoms with van der Waals surface area (Å²) in [7, 11) is -4.61. The van der Waals surface area contributed by atoms with E-state index in [0.717, 1.165) is 57.8 Å². The topological polar surface area (TPSA) is 186 Å². The summed E-state index contributed by atoms with van der Waals surface area (Å²) < 4.78 is 54.3. The van der Waals surface area contributed by atoms with E-state index in [0.29, 0.717) is 12.8 Å². The second-order valence-corrected chi connectivity index (χ2v) is 20.7. The molecule has 1 heterocycles. The maximum absolute atomic E-state index is 12.9. The minimum atomic E-state index is -4.61. The van der Waals surface area contributed by atoms with Crippen LogP contribution in [0.25, 0.3) is 0 Å². The predicted molar refractivity (Wildman–Crippen MR) is 275 cm³/mol. The van der Waals surface area contributed by atoms with Crippen LogP contribution in [0.5, 0.6) is 0 Å². The molecule has 1 fully saturated rings. The minimum absolute atomic E-state index is 0.151. The number of rotatable bonds is 47. The molecule has 0 aromatic heterocycles. The van der Waals surface area contributed by atoms with Crippen LogP contribution in [0.15, 0.2) is 36.5 Å². The number of ether oxygens (including phenoxy) is 4. The lowest BCUT2D eigenvalue weighted by Crippen LogP contribution is -2.60. The van der Waals surface area contributed by atoms with Crippen LogP contribution in [0.1, 0.15) is 245 Å². The van der Waals surface area contributed by atoms with Crippen molar-refractivity contribution >= 4 is 22.1 Å². The van der Waals surface area contributed by atoms with Crippen molar-refractivity contribution < 1.29 is 56.8 Å². The molecule has 0 aromatic carbocycles. The monoisotopic (exact) mass is 985 g/mol. The molecule has 6 atom stereocenters. The Balaban J connectivity index is 2.34. The van der Waals surface area contributed by atoms with Crippen LogP contribution in [0.2, 0.25) is 0 Å². The van der Waals surface area contributed by atoms with Crippen LogP contribution < -0.4 is 0 Å². The minimum Gasteiger partial charge on any atom is -0.462 e. The normalized spacial score (nSPS) is 19.4. The highest BCUT2D eigenvalue weighted by molar-refractivity contribution is 7.85. The number of hydrogen-bond acceptors (Lipinski definition) is 11. The van der Waals surface area contributed by atoms with E-state index in [1.165, 1.54) is 148 Å². The van der Waals surface area contributed by atoms with Crippen molar-refractivity contribution in [2.75, 3.05) is 19.0 Å². The fourth-order valence-corrected chi connectivity index (χ4v) is 9.11. The van der Waals surface area contributed by atoms with E-state index in [1.54, 1.807) is 0 Å². The molecule has 1 aliphatic rings. The van der Waals surface area contributed by atoms with Gasteiger partial charge in [-0.15, -0.1) is 0 Å². The van der Waals surface area contributed by atoms with Gasteiger partial charge in [-0.05, 0) is 64.2 Å². The molecule has 2 unspecified atom stereocenters. The maximum atomic E-state index is 12.9. The summed E-state index contributed by atoms with van der Waals surface area (Å²) in [4.78, 5) is 25.5. The van der Waals surface area contributed by atoms with E-state index >= 15 is 0 Å². The lowest BCUT2D eigenvalue weighted by molar-refractivity contribution is -0.297. The van der Waals surface area contributed by atoms with E-state index in [9.17, 15) is 37.9 Å². The molecule has 1 aliphatic heterocycles. The van der Waals surface area contributed by atoms with E-state index < -0.39 is 71.2 Å². The Morgan fingerprint density at radius 2 is 0.897 bits per heavy atom. The zero-order chi connectivity index (χ0) is 49.8. The molecule has 1 saturated heterocycles. The average molecular weight is 985 g/mol. The van der Waals surface area contributed by atoms with E-state index in [2.05, 4.69) is 50.3 Å². The SMILES string of the molecule is CCCCC/C=C/C/C=C/CCCCCCCCCC(=O)O[C@H](COC(=O)CCC/C=C/CCCCCCCCCCCCCCCCCCCC)CO[C@H]1O[C@H](CS(=O)(=O)O)[C@@H](O)C(O)C1O. The third-order valence-corrected chi connectivity index (χ3v) is 13.4. The zero-order valence-electron chi connectivity index (χ0n) is 43.0. The Bertz CT molecular complexity index is 1380. The maximum Gasteiger partial charge on any atom is 0.306 e. The smallest absolute Gasteiger partial charge is 0.306 e. The second kappa shape index (κ2) is 44.8. The van der Waals surface area contributed by atoms with Gasteiger partial charge in [0.2, 0.25) is 0 Å². The second-order valence-electron chi connectivity index (χ2n) is 19.2. The van der Waals surface area contributed by atoms with E-state index in [1.807, 2.05) is 0 Å². The largest absolute Gasteiger partial charge is 0.462 e. The number of carbonyl (C=O) groups is 2. The molecule has 68 heavy (non-hydrogen) atoms. The van der Waals surface area contributed by atoms with Gasteiger partial charge in [0.25, 0.3) is 10.1 Å². The first-order valence-corrected chi connectivity index (χ1v) is 29.2. The molecular weight excluding hydrogens is 885 g/mol. The molecule has 0 amide bonds. The van der Waals surface area contributed by atoms with Crippen molar-refractivity contribution in [3.8, 4) is 0 Å². The van der Waals surface area contributed by atoms with Gasteiger partial charge in [0.05, 0.1) is 6.61 Å². The zero-order valence-corrected chi connectivity index (χ0v) is 43.8. The number of esters is 2. The Morgan fingerprint density at radius 1 is 0.500 bits per heavy atom. The summed E-state index contributed by atoms with van der Waals surface area (Å²) in [6.07, 6.45) is 44.8. The number of unbranched alkanes of at least 4 members (excludes halogenated alkanes) is 29. The molecule has 0 radical (unpaired) electrons. The van der Waals surface area contributed by atoms with Crippen molar-refractivity contribution in [2.45, 2.75) is 282 Å². The van der Waals surface area contributed by atoms with Crippen LogP contribution in [-0.2, 0) is 38.7 Å². The van der Waals surface area contributed by atoms with Gasteiger partial charge in [0.1, 0.15) is 36.8 Å². The van der Waals surface area contributed by atoms with Gasteiger partial charge < -0.3 is 34.3 Å². The van der Waals surface area contributed by atoms with Crippen molar-refractivity contribution in [1.29, 1.82) is 0 Å². The van der Waals surface area contributed by atoms with Crippen molar-refractivity contribution in [2.24, 2.45) is 0 Å². The highest BCUT2D eigenvalue weighted by atomic mass is 32.2. The van der Waals surface area contributed by atoms with Crippen LogP contribution in [0.3, 0.4) is 0 Å². The van der Waals surface area contributed by atoms with Gasteiger partial charge in [-0.1, -0.05) is 204 Å². The molecule has 0 aromatic rings. The van der Waals surface area contributed by atoms with Crippen molar-refractivity contribution in [3.05, 3.63) is 36.5 Å². The van der Waals surface area contributed by atoms with Crippen LogP contribution in [-0.4, -0.2) is 96.0 Å². The summed E-state index contributed by atoms with van der Waals surface area (Å²) in [5.74, 6) is -2.02. The molecular formula is C55H100O12S. The Labute approximate surface area is 414 Å². The molecule has 1 rings (SSSR count). The lowest BCUT2D eigenvalue weighted by atomic mass is 10.00. The Kier molecular flexibility index (Phi) is 42.1. The van der Waals surface area contributed by atoms with Crippen molar-refractivity contribution in [3.63, 3.8) is 0 Å². The first-order valence-electron chi connectivity index (χ1n) is 27.5. The molecule has 0 saturated carbocycles. The molecule has 12 nitrogen and oxygen atoms in total. The summed E-state index contributed by atoms with van der Waals surface area (Å²) in [6.45, 7) is 3.75. The molecule has 4 N–H and O–H groups in total. The highest BCUT2D eigenvalue weighted by Gasteiger charge is 2.46. The Hall–Kier alpha value is -2.13. The third-order valence-electron chi connectivity index (χ3n) is 12.7. The lowest BCUT2D eigenvalue weighted by Gasteiger charge is -2.40. The van der Waals surface area contributed by atoms with Crippen LogP contribution in [0, 0.1) is 0 Å². The fourth-order valence-electron chi connectivity index (χ4n) is 8.42. The van der Waals surface area contributed by atoms with Gasteiger partial charge in [0.15, 0.2) is 12.4 Å². The predicted octanol–water partition coefficient (Wildman–Crippen LogP) is 12.9. The number of hydrogen-bond donors (Lipinski definition) is 4. The fraction of sp³-hybridized carbons (Fsp3) is 0.855. The van der Waals surface area contributed by atoms with Gasteiger partial charge in [0, 0.05) is 12.8 Å². The molecule has 0 spiro atoms. The number of aliphatic hydroxyl groups excluding tert-OH is 3. The summed E-state index contributed by atoms with van der Waals surface area (Å²) in [6, 6.07) is 0. The van der Waals surface area contributed by atoms with Gasteiger partial charge >= 0.3 is 11.9 Å².